The highest BCUT2D eigenvalue weighted by Gasteiger charge is 2.33. The van der Waals surface area contributed by atoms with E-state index in [4.69, 9.17) is 15.1 Å². The summed E-state index contributed by atoms with van der Waals surface area (Å²) in [5.74, 6) is 2.66. The summed E-state index contributed by atoms with van der Waals surface area (Å²) in [4.78, 5) is 9.46. The predicted octanol–water partition coefficient (Wildman–Crippen LogP) is 2.11. The van der Waals surface area contributed by atoms with E-state index in [1.54, 1.807) is 6.20 Å². The average Bonchev–Trinajstić information content (AvgIpc) is 3.39. The van der Waals surface area contributed by atoms with E-state index in [9.17, 15) is 0 Å². The van der Waals surface area contributed by atoms with Crippen molar-refractivity contribution in [1.29, 1.82) is 5.41 Å². The van der Waals surface area contributed by atoms with Gasteiger partial charge in [0.15, 0.2) is 0 Å². The molecule has 0 saturated carbocycles. The quantitative estimate of drug-likeness (QED) is 0.523. The number of pyridine rings is 1. The molecule has 3 N–H and O–H groups in total. The minimum absolute atomic E-state index is 0.234. The maximum absolute atomic E-state index is 8.11. The summed E-state index contributed by atoms with van der Waals surface area (Å²) in [5, 5.41) is 22.9. The Morgan fingerprint density at radius 2 is 2.19 bits per heavy atom. The molecular formula is C21H27N9O. The number of nitrogens with one attached hydrogen (secondary N) is 3. The number of nitrogens with zero attached hydrogens (tertiary/aromatic N) is 6. The summed E-state index contributed by atoms with van der Waals surface area (Å²) < 4.78 is 7.46. The third-order valence-corrected chi connectivity index (χ3v) is 5.96. The Morgan fingerprint density at radius 3 is 2.87 bits per heavy atom. The van der Waals surface area contributed by atoms with E-state index in [0.717, 1.165) is 48.2 Å². The maximum Gasteiger partial charge on any atom is 0.144 e. The Labute approximate surface area is 180 Å². The molecule has 0 bridgehead atoms. The Kier molecular flexibility index (Phi) is 5.06. The molecule has 0 unspecified atom stereocenters. The van der Waals surface area contributed by atoms with Crippen LogP contribution in [0.2, 0.25) is 0 Å². The third kappa shape index (κ3) is 3.74. The molecule has 3 aromatic rings. The van der Waals surface area contributed by atoms with Gasteiger partial charge in [-0.25, -0.2) is 4.98 Å². The molecule has 10 nitrogen and oxygen atoms in total. The zero-order valence-electron chi connectivity index (χ0n) is 17.7. The molecule has 0 aromatic carbocycles. The highest BCUT2D eigenvalue weighted by molar-refractivity contribution is 5.95. The van der Waals surface area contributed by atoms with Gasteiger partial charge in [-0.1, -0.05) is 0 Å². The lowest BCUT2D eigenvalue weighted by molar-refractivity contribution is 0.0985. The van der Waals surface area contributed by atoms with E-state index in [1.165, 1.54) is 6.21 Å². The van der Waals surface area contributed by atoms with Crippen LogP contribution >= 0.6 is 0 Å². The van der Waals surface area contributed by atoms with Crippen molar-refractivity contribution in [3.63, 3.8) is 0 Å². The van der Waals surface area contributed by atoms with E-state index in [1.807, 2.05) is 24.0 Å². The van der Waals surface area contributed by atoms with Gasteiger partial charge in [0, 0.05) is 57.1 Å². The van der Waals surface area contributed by atoms with Crippen LogP contribution in [0.3, 0.4) is 0 Å². The van der Waals surface area contributed by atoms with Gasteiger partial charge in [0.05, 0.1) is 42.4 Å². The van der Waals surface area contributed by atoms with Crippen molar-refractivity contribution in [2.45, 2.75) is 18.9 Å². The van der Waals surface area contributed by atoms with Gasteiger partial charge in [-0.3, -0.25) is 9.78 Å². The lowest BCUT2D eigenvalue weighted by Crippen LogP contribution is -2.47. The van der Waals surface area contributed by atoms with Crippen LogP contribution in [0.15, 0.2) is 30.6 Å². The van der Waals surface area contributed by atoms with Crippen molar-refractivity contribution in [2.75, 3.05) is 48.0 Å². The number of hydrogen-bond donors (Lipinski definition) is 3. The lowest BCUT2D eigenvalue weighted by Gasteiger charge is -2.42. The number of aromatic amines is 1. The summed E-state index contributed by atoms with van der Waals surface area (Å²) in [7, 11) is 1.94. The second-order valence-corrected chi connectivity index (χ2v) is 8.14. The Balaban J connectivity index is 1.49. The molecule has 2 fully saturated rings. The van der Waals surface area contributed by atoms with Crippen molar-refractivity contribution in [1.82, 2.24) is 25.0 Å². The van der Waals surface area contributed by atoms with Crippen LogP contribution in [-0.2, 0) is 11.8 Å². The molecule has 162 valence electrons. The second kappa shape index (κ2) is 8.03. The normalized spacial score (nSPS) is 19.4. The molecule has 3 aromatic heterocycles. The number of hydrogen-bond acceptors (Lipinski definition) is 8. The van der Waals surface area contributed by atoms with Gasteiger partial charge in [-0.15, -0.1) is 0 Å². The van der Waals surface area contributed by atoms with E-state index in [2.05, 4.69) is 49.5 Å². The third-order valence-electron chi connectivity index (χ3n) is 5.96. The number of anilines is 4. The first-order valence-electron chi connectivity index (χ1n) is 10.5. The lowest BCUT2D eigenvalue weighted by atomic mass is 9.95. The molecule has 10 heteroatoms. The minimum atomic E-state index is 0.234. The van der Waals surface area contributed by atoms with Crippen LogP contribution in [0, 0.1) is 5.41 Å². The van der Waals surface area contributed by atoms with Gasteiger partial charge in [0.1, 0.15) is 17.5 Å². The molecule has 0 radical (unpaired) electrons. The number of ether oxygens (including phenoxy) is 1. The molecule has 2 saturated heterocycles. The molecular weight excluding hydrogens is 394 g/mol. The van der Waals surface area contributed by atoms with Crippen molar-refractivity contribution in [3.05, 3.63) is 41.9 Å². The van der Waals surface area contributed by atoms with Crippen LogP contribution in [0.1, 0.15) is 24.1 Å². The number of aromatic nitrogens is 5. The number of H-pyrrole nitrogens is 1. The first kappa shape index (κ1) is 19.6. The van der Waals surface area contributed by atoms with Gasteiger partial charge >= 0.3 is 0 Å². The monoisotopic (exact) mass is 421 g/mol. The van der Waals surface area contributed by atoms with Crippen molar-refractivity contribution in [2.24, 2.45) is 7.05 Å². The Bertz CT molecular complexity index is 1050. The van der Waals surface area contributed by atoms with E-state index >= 15 is 0 Å². The number of rotatable bonds is 6. The summed E-state index contributed by atoms with van der Waals surface area (Å²) in [6, 6.07) is 6.27. The van der Waals surface area contributed by atoms with E-state index < -0.39 is 0 Å². The zero-order valence-corrected chi connectivity index (χ0v) is 17.7. The summed E-state index contributed by atoms with van der Waals surface area (Å²) >= 11 is 0. The molecule has 0 spiro atoms. The number of aryl methyl sites for hydroxylation is 1. The topological polar surface area (TPSA) is 111 Å². The van der Waals surface area contributed by atoms with Crippen molar-refractivity contribution >= 4 is 29.4 Å². The molecule has 5 rings (SSSR count). The van der Waals surface area contributed by atoms with Crippen LogP contribution < -0.4 is 15.1 Å². The van der Waals surface area contributed by atoms with Gasteiger partial charge in [-0.2, -0.15) is 10.2 Å². The van der Waals surface area contributed by atoms with Gasteiger partial charge < -0.3 is 25.3 Å². The smallest absolute Gasteiger partial charge is 0.144 e. The second-order valence-electron chi connectivity index (χ2n) is 8.14. The fourth-order valence-electron chi connectivity index (χ4n) is 4.21. The van der Waals surface area contributed by atoms with Gasteiger partial charge in [0.2, 0.25) is 0 Å². The zero-order chi connectivity index (χ0) is 21.4. The summed E-state index contributed by atoms with van der Waals surface area (Å²) in [5.41, 5.74) is 2.88. The van der Waals surface area contributed by atoms with Crippen molar-refractivity contribution < 1.29 is 4.74 Å². The van der Waals surface area contributed by atoms with Crippen molar-refractivity contribution in [3.8, 4) is 0 Å². The average molecular weight is 422 g/mol. The standard InChI is InChI=1S/C21H27N9O/c1-14-13-31-8-7-30(14)20-9-18(29-11-15(12-29)17-4-6-28(2)27-17)16(10-22)21(25-20)24-19-3-5-23-26-19/h3-6,9-10,14-15,22H,7-8,11-13H2,1-2H3,(H2,23,24,25,26)/t14-/m1/s1. The fourth-order valence-corrected chi connectivity index (χ4v) is 4.21. The van der Waals surface area contributed by atoms with Crippen LogP contribution in [0.25, 0.3) is 0 Å². The van der Waals surface area contributed by atoms with Crippen LogP contribution in [0.5, 0.6) is 0 Å². The Hall–Kier alpha value is -3.40. The first-order chi connectivity index (χ1) is 15.1. The molecule has 5 heterocycles. The molecule has 0 amide bonds. The molecule has 0 aliphatic carbocycles. The summed E-state index contributed by atoms with van der Waals surface area (Å²) in [6.45, 7) is 6.03. The van der Waals surface area contributed by atoms with Gasteiger partial charge in [-0.05, 0) is 13.0 Å². The highest BCUT2D eigenvalue weighted by atomic mass is 16.5. The SMILES string of the molecule is C[C@@H]1COCCN1c1cc(N2CC(c3ccn(C)n3)C2)c(C=N)c(Nc2ccn[nH]2)n1. The van der Waals surface area contributed by atoms with Crippen LogP contribution in [0.4, 0.5) is 23.1 Å². The highest BCUT2D eigenvalue weighted by Crippen LogP contribution is 2.37. The largest absolute Gasteiger partial charge is 0.377 e. The molecule has 2 aliphatic heterocycles. The molecule has 31 heavy (non-hydrogen) atoms. The summed E-state index contributed by atoms with van der Waals surface area (Å²) in [6.07, 6.45) is 5.05. The van der Waals surface area contributed by atoms with Crippen LogP contribution in [-0.4, -0.2) is 70.1 Å². The van der Waals surface area contributed by atoms with Gasteiger partial charge in [0.25, 0.3) is 0 Å². The number of morpholine rings is 1. The van der Waals surface area contributed by atoms with E-state index in [0.29, 0.717) is 24.9 Å². The molecule has 1 atom stereocenters. The fraction of sp³-hybridized carbons (Fsp3) is 0.429. The van der Waals surface area contributed by atoms with E-state index in [-0.39, 0.29) is 6.04 Å². The Morgan fingerprint density at radius 1 is 1.32 bits per heavy atom. The minimum Gasteiger partial charge on any atom is -0.377 e. The molecule has 2 aliphatic rings. The first-order valence-corrected chi connectivity index (χ1v) is 10.5. The predicted molar refractivity (Wildman–Crippen MR) is 120 cm³/mol. The maximum atomic E-state index is 8.11.